The Labute approximate surface area is 179 Å². The lowest BCUT2D eigenvalue weighted by Crippen LogP contribution is -2.32. The summed E-state index contributed by atoms with van der Waals surface area (Å²) < 4.78 is 5.02. The first-order chi connectivity index (χ1) is 14.6. The third-order valence-corrected chi connectivity index (χ3v) is 6.01. The summed E-state index contributed by atoms with van der Waals surface area (Å²) in [5, 5.41) is 9.41. The number of imide groups is 1. The van der Waals surface area contributed by atoms with Crippen molar-refractivity contribution in [2.75, 3.05) is 10.6 Å². The summed E-state index contributed by atoms with van der Waals surface area (Å²) in [6.07, 6.45) is 5.59. The van der Waals surface area contributed by atoms with Crippen molar-refractivity contribution < 1.29 is 19.1 Å². The number of carbonyl (C=O) groups is 3. The Balaban J connectivity index is 1.33. The molecule has 1 aliphatic rings. The van der Waals surface area contributed by atoms with E-state index in [1.807, 2.05) is 6.07 Å². The second kappa shape index (κ2) is 8.93. The Morgan fingerprint density at radius 3 is 2.80 bits per heavy atom. The van der Waals surface area contributed by atoms with Gasteiger partial charge in [0.2, 0.25) is 0 Å². The van der Waals surface area contributed by atoms with E-state index < -0.39 is 17.4 Å². The van der Waals surface area contributed by atoms with E-state index in [1.54, 1.807) is 42.3 Å². The van der Waals surface area contributed by atoms with Gasteiger partial charge in [-0.1, -0.05) is 17.8 Å². The topological polar surface area (TPSA) is 122 Å². The van der Waals surface area contributed by atoms with Gasteiger partial charge in [0.15, 0.2) is 5.37 Å². The van der Waals surface area contributed by atoms with Crippen LogP contribution in [0.5, 0.6) is 0 Å². The predicted molar refractivity (Wildman–Crippen MR) is 112 cm³/mol. The van der Waals surface area contributed by atoms with E-state index >= 15 is 0 Å². The standard InChI is InChI=1S/C19H15N5O4S2/c25-15(24-19(27)28-10-11-2-1-5-20-8-11)12-4-7-29-17(12)23-16(26)18-22-13-9-21-6-3-14(13)30-18/h1-9,18,22H,10H2,(H,23,26)(H,24,25,27). The zero-order valence-electron chi connectivity index (χ0n) is 15.3. The normalized spacial score (nSPS) is 14.3. The van der Waals surface area contributed by atoms with Gasteiger partial charge in [-0.15, -0.1) is 11.3 Å². The summed E-state index contributed by atoms with van der Waals surface area (Å²) in [4.78, 5) is 45.8. The molecule has 152 valence electrons. The first-order valence-electron chi connectivity index (χ1n) is 8.73. The van der Waals surface area contributed by atoms with Gasteiger partial charge in [0.25, 0.3) is 11.8 Å². The molecule has 30 heavy (non-hydrogen) atoms. The lowest BCUT2D eigenvalue weighted by atomic mass is 10.3. The van der Waals surface area contributed by atoms with Gasteiger partial charge in [-0.3, -0.25) is 24.9 Å². The van der Waals surface area contributed by atoms with E-state index in [4.69, 9.17) is 4.74 Å². The first kappa shape index (κ1) is 19.9. The van der Waals surface area contributed by atoms with Crippen LogP contribution in [0.1, 0.15) is 15.9 Å². The molecule has 1 unspecified atom stereocenters. The number of carbonyl (C=O) groups excluding carboxylic acids is 3. The zero-order chi connectivity index (χ0) is 20.9. The second-order valence-corrected chi connectivity index (χ2v) is 8.12. The number of ether oxygens (including phenoxy) is 1. The predicted octanol–water partition coefficient (Wildman–Crippen LogP) is 3.09. The largest absolute Gasteiger partial charge is 0.444 e. The molecule has 0 aromatic carbocycles. The minimum Gasteiger partial charge on any atom is -0.444 e. The monoisotopic (exact) mass is 441 g/mol. The van der Waals surface area contributed by atoms with Crippen LogP contribution in [-0.4, -0.2) is 33.2 Å². The highest BCUT2D eigenvalue weighted by molar-refractivity contribution is 8.01. The number of pyridine rings is 2. The molecule has 0 bridgehead atoms. The minimum atomic E-state index is -0.886. The highest BCUT2D eigenvalue weighted by Gasteiger charge is 2.29. The van der Waals surface area contributed by atoms with Gasteiger partial charge < -0.3 is 15.4 Å². The Morgan fingerprint density at radius 2 is 2.00 bits per heavy atom. The number of amides is 3. The van der Waals surface area contributed by atoms with Crippen molar-refractivity contribution in [2.45, 2.75) is 16.9 Å². The number of alkyl carbamates (subject to hydrolysis) is 1. The molecule has 0 fully saturated rings. The van der Waals surface area contributed by atoms with E-state index in [0.29, 0.717) is 10.6 Å². The molecule has 0 aliphatic carbocycles. The van der Waals surface area contributed by atoms with Crippen LogP contribution in [0.3, 0.4) is 0 Å². The van der Waals surface area contributed by atoms with Crippen LogP contribution in [0.4, 0.5) is 15.5 Å². The van der Waals surface area contributed by atoms with Crippen molar-refractivity contribution in [2.24, 2.45) is 0 Å². The molecule has 0 radical (unpaired) electrons. The lowest BCUT2D eigenvalue weighted by molar-refractivity contribution is -0.115. The fourth-order valence-corrected chi connectivity index (χ4v) is 4.37. The van der Waals surface area contributed by atoms with Crippen molar-refractivity contribution >= 4 is 51.7 Å². The number of fused-ring (bicyclic) bond motifs is 1. The molecule has 3 aromatic heterocycles. The molecule has 4 rings (SSSR count). The number of hydrogen-bond donors (Lipinski definition) is 3. The smallest absolute Gasteiger partial charge is 0.414 e. The maximum atomic E-state index is 12.6. The number of rotatable bonds is 5. The molecule has 0 saturated heterocycles. The molecule has 3 N–H and O–H groups in total. The summed E-state index contributed by atoms with van der Waals surface area (Å²) in [7, 11) is 0. The van der Waals surface area contributed by atoms with Crippen LogP contribution < -0.4 is 16.0 Å². The molecule has 9 nitrogen and oxygen atoms in total. The zero-order valence-corrected chi connectivity index (χ0v) is 17.0. The average molecular weight is 441 g/mol. The van der Waals surface area contributed by atoms with Gasteiger partial charge in [-0.2, -0.15) is 0 Å². The highest BCUT2D eigenvalue weighted by Crippen LogP contribution is 2.38. The molecule has 3 amide bonds. The fraction of sp³-hybridized carbons (Fsp3) is 0.105. The van der Waals surface area contributed by atoms with Gasteiger partial charge >= 0.3 is 6.09 Å². The van der Waals surface area contributed by atoms with E-state index in [1.165, 1.54) is 29.2 Å². The Hall–Kier alpha value is -3.44. The molecule has 1 atom stereocenters. The van der Waals surface area contributed by atoms with E-state index in [0.717, 1.165) is 10.6 Å². The van der Waals surface area contributed by atoms with Crippen LogP contribution in [0, 0.1) is 0 Å². The first-order valence-corrected chi connectivity index (χ1v) is 10.5. The van der Waals surface area contributed by atoms with Gasteiger partial charge in [0.1, 0.15) is 11.6 Å². The molecule has 1 aliphatic heterocycles. The number of aromatic nitrogens is 2. The molecule has 3 aromatic rings. The number of thioether (sulfide) groups is 1. The van der Waals surface area contributed by atoms with Crippen LogP contribution in [0.25, 0.3) is 0 Å². The van der Waals surface area contributed by atoms with Gasteiger partial charge in [-0.05, 0) is 23.6 Å². The molecule has 11 heteroatoms. The van der Waals surface area contributed by atoms with E-state index in [-0.39, 0.29) is 18.1 Å². The Kier molecular flexibility index (Phi) is 5.91. The highest BCUT2D eigenvalue weighted by atomic mass is 32.2. The molecular formula is C19H15N5O4S2. The van der Waals surface area contributed by atoms with Gasteiger partial charge in [0, 0.05) is 29.0 Å². The summed E-state index contributed by atoms with van der Waals surface area (Å²) in [6.45, 7) is -0.0137. The Bertz CT molecular complexity index is 1060. The van der Waals surface area contributed by atoms with Crippen molar-refractivity contribution in [3.8, 4) is 0 Å². The van der Waals surface area contributed by atoms with Crippen LogP contribution in [0.2, 0.25) is 0 Å². The van der Waals surface area contributed by atoms with Gasteiger partial charge in [0.05, 0.1) is 17.4 Å². The molecule has 4 heterocycles. The van der Waals surface area contributed by atoms with Crippen LogP contribution in [0.15, 0.2) is 59.3 Å². The number of nitrogens with zero attached hydrogens (tertiary/aromatic N) is 2. The van der Waals surface area contributed by atoms with E-state index in [2.05, 4.69) is 25.9 Å². The SMILES string of the molecule is O=C(NC(=O)c1ccsc1NC(=O)C1Nc2cnccc2S1)OCc1cccnc1. The average Bonchev–Trinajstić information content (AvgIpc) is 3.40. The quantitative estimate of drug-likeness (QED) is 0.552. The molecular weight excluding hydrogens is 426 g/mol. The van der Waals surface area contributed by atoms with Gasteiger partial charge in [-0.25, -0.2) is 4.79 Å². The molecule has 0 spiro atoms. The number of thiophene rings is 1. The van der Waals surface area contributed by atoms with Crippen LogP contribution >= 0.6 is 23.1 Å². The Morgan fingerprint density at radius 1 is 1.13 bits per heavy atom. The third kappa shape index (κ3) is 4.58. The van der Waals surface area contributed by atoms with Crippen molar-refractivity contribution in [3.05, 3.63) is 65.6 Å². The number of nitrogens with one attached hydrogen (secondary N) is 3. The summed E-state index contributed by atoms with van der Waals surface area (Å²) in [5.74, 6) is -0.978. The maximum Gasteiger partial charge on any atom is 0.414 e. The number of anilines is 2. The fourth-order valence-electron chi connectivity index (χ4n) is 2.60. The summed E-state index contributed by atoms with van der Waals surface area (Å²) >= 11 is 2.54. The minimum absolute atomic E-state index is 0.0137. The van der Waals surface area contributed by atoms with Crippen molar-refractivity contribution in [1.82, 2.24) is 15.3 Å². The summed E-state index contributed by atoms with van der Waals surface area (Å²) in [6, 6.07) is 6.81. The van der Waals surface area contributed by atoms with E-state index in [9.17, 15) is 14.4 Å². The van der Waals surface area contributed by atoms with Crippen LogP contribution in [-0.2, 0) is 16.1 Å². The summed E-state index contributed by atoms with van der Waals surface area (Å²) in [5.41, 5.74) is 1.65. The lowest BCUT2D eigenvalue weighted by Gasteiger charge is -2.11. The second-order valence-electron chi connectivity index (χ2n) is 6.06. The maximum absolute atomic E-state index is 12.6. The third-order valence-electron chi connectivity index (χ3n) is 4.01. The van der Waals surface area contributed by atoms with Crippen molar-refractivity contribution in [1.29, 1.82) is 0 Å². The molecule has 0 saturated carbocycles. The number of hydrogen-bond acceptors (Lipinski definition) is 9. The van der Waals surface area contributed by atoms with Crippen molar-refractivity contribution in [3.63, 3.8) is 0 Å².